The first-order chi connectivity index (χ1) is 14.3. The highest BCUT2D eigenvalue weighted by Gasteiger charge is 2.45. The fourth-order valence-corrected chi connectivity index (χ4v) is 4.80. The Morgan fingerprint density at radius 3 is 1.53 bits per heavy atom. The number of rotatable bonds is 2. The first-order valence-corrected chi connectivity index (χ1v) is 9.85. The van der Waals surface area contributed by atoms with Gasteiger partial charge in [0.15, 0.2) is 0 Å². The van der Waals surface area contributed by atoms with Crippen molar-refractivity contribution in [3.8, 4) is 11.5 Å². The van der Waals surface area contributed by atoms with E-state index in [9.17, 15) is 9.59 Å². The lowest BCUT2D eigenvalue weighted by atomic mass is 9.83. The summed E-state index contributed by atoms with van der Waals surface area (Å²) >= 11 is 0. The highest BCUT2D eigenvalue weighted by molar-refractivity contribution is 6.14. The van der Waals surface area contributed by atoms with E-state index in [2.05, 4.69) is 0 Å². The Hall–Kier alpha value is -3.28. The van der Waals surface area contributed by atoms with Gasteiger partial charge in [-0.1, -0.05) is 36.4 Å². The monoisotopic (exact) mass is 406 g/mol. The molecule has 2 heterocycles. The van der Waals surface area contributed by atoms with Crippen molar-refractivity contribution in [1.82, 2.24) is 0 Å². The molecule has 5 rings (SSSR count). The van der Waals surface area contributed by atoms with Crippen molar-refractivity contribution < 1.29 is 28.5 Å². The minimum atomic E-state index is -1.12. The summed E-state index contributed by atoms with van der Waals surface area (Å²) in [5.74, 6) is 0.455. The second-order valence-corrected chi connectivity index (χ2v) is 8.34. The molecule has 0 spiro atoms. The zero-order chi connectivity index (χ0) is 21.3. The van der Waals surface area contributed by atoms with E-state index >= 15 is 0 Å². The van der Waals surface area contributed by atoms with Crippen LogP contribution in [0.4, 0.5) is 0 Å². The van der Waals surface area contributed by atoms with Crippen molar-refractivity contribution in [2.45, 2.75) is 37.9 Å². The topological polar surface area (TPSA) is 71.1 Å². The molecule has 0 amide bonds. The third-order valence-corrected chi connectivity index (χ3v) is 6.19. The van der Waals surface area contributed by atoms with E-state index in [4.69, 9.17) is 18.9 Å². The van der Waals surface area contributed by atoms with E-state index < -0.39 is 23.1 Å². The molecule has 0 saturated heterocycles. The van der Waals surface area contributed by atoms with E-state index in [1.807, 2.05) is 36.4 Å². The summed E-state index contributed by atoms with van der Waals surface area (Å²) in [4.78, 5) is 25.0. The number of esters is 2. The maximum atomic E-state index is 12.5. The summed E-state index contributed by atoms with van der Waals surface area (Å²) in [6, 6.07) is 11.8. The van der Waals surface area contributed by atoms with Crippen LogP contribution >= 0.6 is 0 Å². The lowest BCUT2D eigenvalue weighted by molar-refractivity contribution is -0.158. The van der Waals surface area contributed by atoms with E-state index in [0.717, 1.165) is 32.7 Å². The normalized spacial score (nSPS) is 24.1. The van der Waals surface area contributed by atoms with Gasteiger partial charge >= 0.3 is 11.9 Å². The zero-order valence-electron chi connectivity index (χ0n) is 17.3. The average molecular weight is 406 g/mol. The molecule has 6 heteroatoms. The summed E-state index contributed by atoms with van der Waals surface area (Å²) in [5, 5.41) is 3.49. The number of hydrogen-bond acceptors (Lipinski definition) is 6. The van der Waals surface area contributed by atoms with Crippen LogP contribution in [0.3, 0.4) is 0 Å². The van der Waals surface area contributed by atoms with Crippen molar-refractivity contribution in [3.63, 3.8) is 0 Å². The van der Waals surface area contributed by atoms with Crippen molar-refractivity contribution in [3.05, 3.63) is 47.5 Å². The Kier molecular flexibility index (Phi) is 3.81. The molecule has 0 bridgehead atoms. The predicted octanol–water partition coefficient (Wildman–Crippen LogP) is 3.73. The highest BCUT2D eigenvalue weighted by atomic mass is 16.6. The molecular weight excluding hydrogens is 384 g/mol. The maximum Gasteiger partial charge on any atom is 0.350 e. The van der Waals surface area contributed by atoms with Crippen LogP contribution in [0.2, 0.25) is 0 Å². The number of carbonyl (C=O) groups is 2. The molecule has 2 aliphatic heterocycles. The predicted molar refractivity (Wildman–Crippen MR) is 111 cm³/mol. The molecule has 0 saturated carbocycles. The second-order valence-electron chi connectivity index (χ2n) is 8.34. The average Bonchev–Trinajstić information content (AvgIpc) is 2.75. The molecular formula is C24H22O6. The van der Waals surface area contributed by atoms with Crippen molar-refractivity contribution in [1.29, 1.82) is 0 Å². The van der Waals surface area contributed by atoms with Gasteiger partial charge in [-0.15, -0.1) is 0 Å². The lowest BCUT2D eigenvalue weighted by Gasteiger charge is -2.38. The highest BCUT2D eigenvalue weighted by Crippen LogP contribution is 2.52. The molecule has 6 nitrogen and oxygen atoms in total. The standard InChI is InChI=1S/C24H22O6/c1-23(21(25)27-3)11-13-7-5-10-16-17(13)19(29-23)15-9-6-8-14-12-24(2,22(26)28-4)30-20(16)18(14)15/h5-10H,11-12H2,1-4H3. The van der Waals surface area contributed by atoms with E-state index in [0.29, 0.717) is 24.3 Å². The van der Waals surface area contributed by atoms with Crippen molar-refractivity contribution >= 4 is 33.5 Å². The number of fused-ring (bicyclic) bond motifs is 2. The van der Waals surface area contributed by atoms with Gasteiger partial charge in [0.25, 0.3) is 0 Å². The van der Waals surface area contributed by atoms with Crippen LogP contribution in [0.15, 0.2) is 36.4 Å². The van der Waals surface area contributed by atoms with Crippen molar-refractivity contribution in [2.75, 3.05) is 14.2 Å². The van der Waals surface area contributed by atoms with Gasteiger partial charge < -0.3 is 18.9 Å². The molecule has 2 aliphatic rings. The largest absolute Gasteiger partial charge is 0.474 e. The Balaban J connectivity index is 1.85. The molecule has 0 fully saturated rings. The number of ether oxygens (including phenoxy) is 4. The number of hydrogen-bond donors (Lipinski definition) is 0. The van der Waals surface area contributed by atoms with E-state index in [-0.39, 0.29) is 0 Å². The van der Waals surface area contributed by atoms with Crippen LogP contribution in [0.1, 0.15) is 25.0 Å². The summed E-state index contributed by atoms with van der Waals surface area (Å²) in [6.45, 7) is 3.50. The molecule has 0 radical (unpaired) electrons. The van der Waals surface area contributed by atoms with E-state index in [1.54, 1.807) is 13.8 Å². The number of carbonyl (C=O) groups excluding carboxylic acids is 2. The first-order valence-electron chi connectivity index (χ1n) is 9.85. The molecule has 0 aromatic heterocycles. The second kappa shape index (κ2) is 6.11. The SMILES string of the molecule is COC(=O)C1(C)Cc2cccc3c4c5c(cccc5c(c23)O1)CC(C)(C(=O)OC)O4. The molecule has 0 N–H and O–H groups in total. The minimum absolute atomic E-state index is 0.378. The van der Waals surface area contributed by atoms with Crippen molar-refractivity contribution in [2.24, 2.45) is 0 Å². The smallest absolute Gasteiger partial charge is 0.350 e. The Labute approximate surface area is 173 Å². The van der Waals surface area contributed by atoms with Crippen LogP contribution < -0.4 is 9.47 Å². The van der Waals surface area contributed by atoms with Crippen LogP contribution in [-0.2, 0) is 31.9 Å². The van der Waals surface area contributed by atoms with Crippen LogP contribution in [-0.4, -0.2) is 37.4 Å². The van der Waals surface area contributed by atoms with Crippen LogP contribution in [0.25, 0.3) is 21.5 Å². The molecule has 0 aliphatic carbocycles. The maximum absolute atomic E-state index is 12.5. The van der Waals surface area contributed by atoms with E-state index in [1.165, 1.54) is 14.2 Å². The van der Waals surface area contributed by atoms with Gasteiger partial charge in [0.2, 0.25) is 11.2 Å². The molecule has 3 aromatic rings. The summed E-state index contributed by atoms with van der Waals surface area (Å²) in [7, 11) is 2.73. The van der Waals surface area contributed by atoms with Gasteiger partial charge in [-0.05, 0) is 25.0 Å². The zero-order valence-corrected chi connectivity index (χ0v) is 17.3. The summed E-state index contributed by atoms with van der Waals surface area (Å²) in [6.07, 6.45) is 0.756. The third-order valence-electron chi connectivity index (χ3n) is 6.19. The number of methoxy groups -OCH3 is 2. The van der Waals surface area contributed by atoms with Gasteiger partial charge in [0, 0.05) is 34.4 Å². The fraction of sp³-hybridized carbons (Fsp3) is 0.333. The Morgan fingerprint density at radius 1 is 0.767 bits per heavy atom. The Morgan fingerprint density at radius 2 is 1.17 bits per heavy atom. The van der Waals surface area contributed by atoms with Gasteiger partial charge in [-0.25, -0.2) is 9.59 Å². The van der Waals surface area contributed by atoms with Crippen LogP contribution in [0, 0.1) is 0 Å². The summed E-state index contributed by atoms with van der Waals surface area (Å²) in [5.41, 5.74) is -0.295. The van der Waals surface area contributed by atoms with Crippen LogP contribution in [0.5, 0.6) is 11.5 Å². The minimum Gasteiger partial charge on any atom is -0.474 e. The first kappa shape index (κ1) is 18.7. The van der Waals surface area contributed by atoms with Gasteiger partial charge in [-0.3, -0.25) is 0 Å². The molecule has 2 unspecified atom stereocenters. The quantitative estimate of drug-likeness (QED) is 0.477. The Bertz CT molecular complexity index is 1150. The lowest BCUT2D eigenvalue weighted by Crippen LogP contribution is -2.47. The van der Waals surface area contributed by atoms with Gasteiger partial charge in [-0.2, -0.15) is 0 Å². The third kappa shape index (κ3) is 2.36. The van der Waals surface area contributed by atoms with Gasteiger partial charge in [0.05, 0.1) is 14.2 Å². The number of benzene rings is 3. The van der Waals surface area contributed by atoms with Gasteiger partial charge in [0.1, 0.15) is 11.5 Å². The molecule has 30 heavy (non-hydrogen) atoms. The molecule has 3 aromatic carbocycles. The molecule has 154 valence electrons. The molecule has 2 atom stereocenters. The fourth-order valence-electron chi connectivity index (χ4n) is 4.80. The summed E-state index contributed by atoms with van der Waals surface area (Å²) < 4.78 is 22.7.